The molecule has 0 fully saturated rings. The SMILES string of the molecule is CNCc1cnc(N2CCN(C)c3ccccc32)nc1. The molecule has 5 nitrogen and oxygen atoms in total. The van der Waals surface area contributed by atoms with Crippen LogP contribution in [0.5, 0.6) is 0 Å². The highest BCUT2D eigenvalue weighted by atomic mass is 15.3. The third-order valence-corrected chi connectivity index (χ3v) is 3.56. The standard InChI is InChI=1S/C15H19N5/c1-16-9-12-10-17-15(18-11-12)20-8-7-19(2)13-5-3-4-6-14(13)20/h3-6,10-11,16H,7-9H2,1-2H3. The number of hydrogen-bond donors (Lipinski definition) is 1. The number of hydrogen-bond acceptors (Lipinski definition) is 5. The molecule has 0 unspecified atom stereocenters. The summed E-state index contributed by atoms with van der Waals surface area (Å²) in [6.45, 7) is 2.66. The Morgan fingerprint density at radius 2 is 1.80 bits per heavy atom. The van der Waals surface area contributed by atoms with Gasteiger partial charge in [-0.15, -0.1) is 0 Å². The first-order valence-electron chi connectivity index (χ1n) is 6.83. The Labute approximate surface area is 119 Å². The fourth-order valence-electron chi connectivity index (χ4n) is 2.50. The Morgan fingerprint density at radius 1 is 1.10 bits per heavy atom. The molecule has 1 aromatic carbocycles. The molecule has 1 aliphatic rings. The van der Waals surface area contributed by atoms with Crippen molar-refractivity contribution in [1.29, 1.82) is 0 Å². The van der Waals surface area contributed by atoms with E-state index in [1.807, 2.05) is 19.4 Å². The van der Waals surface area contributed by atoms with Crippen LogP contribution < -0.4 is 15.1 Å². The molecular formula is C15H19N5. The van der Waals surface area contributed by atoms with Crippen molar-refractivity contribution in [2.45, 2.75) is 6.54 Å². The van der Waals surface area contributed by atoms with Gasteiger partial charge >= 0.3 is 0 Å². The second-order valence-electron chi connectivity index (χ2n) is 4.98. The van der Waals surface area contributed by atoms with Crippen molar-refractivity contribution in [3.63, 3.8) is 0 Å². The molecule has 2 aromatic rings. The van der Waals surface area contributed by atoms with Gasteiger partial charge in [-0.05, 0) is 19.2 Å². The number of rotatable bonds is 3. The summed E-state index contributed by atoms with van der Waals surface area (Å²) in [5.74, 6) is 0.769. The maximum Gasteiger partial charge on any atom is 0.229 e. The molecule has 0 radical (unpaired) electrons. The first kappa shape index (κ1) is 12.9. The third-order valence-electron chi connectivity index (χ3n) is 3.56. The lowest BCUT2D eigenvalue weighted by molar-refractivity contribution is 0.784. The minimum absolute atomic E-state index is 0.769. The average molecular weight is 269 g/mol. The van der Waals surface area contributed by atoms with Crippen LogP contribution in [-0.4, -0.2) is 37.2 Å². The van der Waals surface area contributed by atoms with Gasteiger partial charge in [0.15, 0.2) is 0 Å². The molecular weight excluding hydrogens is 250 g/mol. The maximum atomic E-state index is 4.50. The van der Waals surface area contributed by atoms with Crippen molar-refractivity contribution in [3.8, 4) is 0 Å². The summed E-state index contributed by atoms with van der Waals surface area (Å²) in [7, 11) is 4.04. The van der Waals surface area contributed by atoms with E-state index in [2.05, 4.69) is 56.4 Å². The lowest BCUT2D eigenvalue weighted by Crippen LogP contribution is -2.37. The van der Waals surface area contributed by atoms with Gasteiger partial charge in [-0.2, -0.15) is 0 Å². The third kappa shape index (κ3) is 2.32. The molecule has 5 heteroatoms. The molecule has 0 spiro atoms. The molecule has 0 saturated carbocycles. The number of benzene rings is 1. The van der Waals surface area contributed by atoms with E-state index in [0.29, 0.717) is 0 Å². The quantitative estimate of drug-likeness (QED) is 0.920. The van der Waals surface area contributed by atoms with Crippen LogP contribution in [0.3, 0.4) is 0 Å². The number of para-hydroxylation sites is 2. The van der Waals surface area contributed by atoms with E-state index in [1.165, 1.54) is 11.4 Å². The fourth-order valence-corrected chi connectivity index (χ4v) is 2.50. The number of likely N-dealkylation sites (N-methyl/N-ethyl adjacent to an activating group) is 1. The second kappa shape index (κ2) is 5.46. The average Bonchev–Trinajstić information content (AvgIpc) is 2.49. The van der Waals surface area contributed by atoms with Crippen LogP contribution in [-0.2, 0) is 6.54 Å². The van der Waals surface area contributed by atoms with Crippen molar-refractivity contribution in [2.75, 3.05) is 37.0 Å². The number of nitrogens with one attached hydrogen (secondary N) is 1. The van der Waals surface area contributed by atoms with Gasteiger partial charge in [-0.3, -0.25) is 0 Å². The molecule has 104 valence electrons. The molecule has 1 aliphatic heterocycles. The molecule has 0 aliphatic carbocycles. The maximum absolute atomic E-state index is 4.50. The largest absolute Gasteiger partial charge is 0.371 e. The zero-order valence-corrected chi connectivity index (χ0v) is 11.9. The predicted octanol–water partition coefficient (Wildman–Crippen LogP) is 1.78. The Bertz CT molecular complexity index is 581. The van der Waals surface area contributed by atoms with Crippen molar-refractivity contribution in [3.05, 3.63) is 42.2 Å². The van der Waals surface area contributed by atoms with Crippen LogP contribution >= 0.6 is 0 Å². The number of fused-ring (bicyclic) bond motifs is 1. The summed E-state index contributed by atoms with van der Waals surface area (Å²) in [6.07, 6.45) is 3.78. The number of aromatic nitrogens is 2. The van der Waals surface area contributed by atoms with Gasteiger partial charge in [0.2, 0.25) is 5.95 Å². The smallest absolute Gasteiger partial charge is 0.229 e. The van der Waals surface area contributed by atoms with Gasteiger partial charge in [0.25, 0.3) is 0 Å². The Kier molecular flexibility index (Phi) is 3.52. The molecule has 3 rings (SSSR count). The van der Waals surface area contributed by atoms with Crippen molar-refractivity contribution < 1.29 is 0 Å². The predicted molar refractivity (Wildman–Crippen MR) is 81.5 cm³/mol. The van der Waals surface area contributed by atoms with E-state index in [9.17, 15) is 0 Å². The summed E-state index contributed by atoms with van der Waals surface area (Å²) in [4.78, 5) is 13.4. The van der Waals surface area contributed by atoms with Crippen molar-refractivity contribution in [1.82, 2.24) is 15.3 Å². The van der Waals surface area contributed by atoms with E-state index in [0.717, 1.165) is 31.1 Å². The van der Waals surface area contributed by atoms with Crippen LogP contribution in [0.25, 0.3) is 0 Å². The van der Waals surface area contributed by atoms with E-state index in [4.69, 9.17) is 0 Å². The molecule has 0 bridgehead atoms. The molecule has 1 aromatic heterocycles. The van der Waals surface area contributed by atoms with Crippen LogP contribution in [0, 0.1) is 0 Å². The van der Waals surface area contributed by atoms with Crippen molar-refractivity contribution >= 4 is 17.3 Å². The molecule has 0 atom stereocenters. The Morgan fingerprint density at radius 3 is 2.50 bits per heavy atom. The molecule has 1 N–H and O–H groups in total. The first-order chi connectivity index (χ1) is 9.79. The summed E-state index contributed by atoms with van der Waals surface area (Å²) in [6, 6.07) is 8.38. The van der Waals surface area contributed by atoms with Crippen LogP contribution in [0.1, 0.15) is 5.56 Å². The van der Waals surface area contributed by atoms with Crippen LogP contribution in [0.2, 0.25) is 0 Å². The lowest BCUT2D eigenvalue weighted by Gasteiger charge is -2.35. The van der Waals surface area contributed by atoms with Gasteiger partial charge in [-0.1, -0.05) is 12.1 Å². The van der Waals surface area contributed by atoms with E-state index in [-0.39, 0.29) is 0 Å². The lowest BCUT2D eigenvalue weighted by atomic mass is 10.2. The minimum atomic E-state index is 0.769. The Balaban J connectivity index is 1.93. The summed E-state index contributed by atoms with van der Waals surface area (Å²) in [5, 5.41) is 3.10. The summed E-state index contributed by atoms with van der Waals surface area (Å²) >= 11 is 0. The molecule has 0 amide bonds. The van der Waals surface area contributed by atoms with E-state index >= 15 is 0 Å². The van der Waals surface area contributed by atoms with Crippen LogP contribution in [0.4, 0.5) is 17.3 Å². The fraction of sp³-hybridized carbons (Fsp3) is 0.333. The summed E-state index contributed by atoms with van der Waals surface area (Å²) in [5.41, 5.74) is 3.49. The van der Waals surface area contributed by atoms with Gasteiger partial charge in [0.05, 0.1) is 11.4 Å². The van der Waals surface area contributed by atoms with Crippen molar-refractivity contribution in [2.24, 2.45) is 0 Å². The van der Waals surface area contributed by atoms with E-state index in [1.54, 1.807) is 0 Å². The second-order valence-corrected chi connectivity index (χ2v) is 4.98. The molecule has 2 heterocycles. The monoisotopic (exact) mass is 269 g/mol. The van der Waals surface area contributed by atoms with Gasteiger partial charge in [-0.25, -0.2) is 9.97 Å². The number of anilines is 3. The highest BCUT2D eigenvalue weighted by Crippen LogP contribution is 2.34. The topological polar surface area (TPSA) is 44.3 Å². The zero-order chi connectivity index (χ0) is 13.9. The summed E-state index contributed by atoms with van der Waals surface area (Å²) < 4.78 is 0. The minimum Gasteiger partial charge on any atom is -0.371 e. The normalized spacial score (nSPS) is 14.3. The highest BCUT2D eigenvalue weighted by molar-refractivity contribution is 5.77. The first-order valence-corrected chi connectivity index (χ1v) is 6.83. The van der Waals surface area contributed by atoms with Gasteiger partial charge in [0.1, 0.15) is 0 Å². The van der Waals surface area contributed by atoms with Gasteiger partial charge in [0, 0.05) is 44.6 Å². The zero-order valence-electron chi connectivity index (χ0n) is 11.9. The Hall–Kier alpha value is -2.14. The highest BCUT2D eigenvalue weighted by Gasteiger charge is 2.22. The number of nitrogens with zero attached hydrogens (tertiary/aromatic N) is 4. The van der Waals surface area contributed by atoms with Gasteiger partial charge < -0.3 is 15.1 Å². The van der Waals surface area contributed by atoms with E-state index < -0.39 is 0 Å². The molecule has 20 heavy (non-hydrogen) atoms. The van der Waals surface area contributed by atoms with Crippen LogP contribution in [0.15, 0.2) is 36.7 Å². The molecule has 0 saturated heterocycles.